The van der Waals surface area contributed by atoms with Crippen LogP contribution in [0.4, 0.5) is 10.1 Å². The van der Waals surface area contributed by atoms with Crippen LogP contribution in [0.1, 0.15) is 40.4 Å². The molecule has 0 spiro atoms. The summed E-state index contributed by atoms with van der Waals surface area (Å²) in [5.74, 6) is -0.0423. The van der Waals surface area contributed by atoms with Crippen molar-refractivity contribution in [3.8, 4) is 11.4 Å². The molecule has 1 fully saturated rings. The van der Waals surface area contributed by atoms with Crippen LogP contribution in [0.25, 0.3) is 5.69 Å². The number of amides is 1. The monoisotopic (exact) mass is 442 g/mol. The number of rotatable bonds is 5. The van der Waals surface area contributed by atoms with Crippen LogP contribution in [0.5, 0.6) is 5.75 Å². The summed E-state index contributed by atoms with van der Waals surface area (Å²) in [5.41, 5.74) is 3.20. The van der Waals surface area contributed by atoms with Crippen molar-refractivity contribution in [3.63, 3.8) is 0 Å². The third-order valence-electron chi connectivity index (χ3n) is 5.56. The number of methoxy groups -OCH3 is 1. The number of halogens is 2. The molecule has 162 valence electrons. The minimum absolute atomic E-state index is 0.126. The first-order valence-electron chi connectivity index (χ1n) is 10.2. The Hall–Kier alpha value is -2.90. The van der Waals surface area contributed by atoms with Crippen LogP contribution >= 0.6 is 11.6 Å². The van der Waals surface area contributed by atoms with E-state index in [0.717, 1.165) is 37.2 Å². The maximum atomic E-state index is 13.9. The molecule has 8 heteroatoms. The van der Waals surface area contributed by atoms with Crippen LogP contribution in [0.3, 0.4) is 0 Å². The lowest BCUT2D eigenvalue weighted by Crippen LogP contribution is -2.29. The number of aromatic nitrogens is 2. The van der Waals surface area contributed by atoms with Gasteiger partial charge >= 0.3 is 0 Å². The van der Waals surface area contributed by atoms with E-state index in [-0.39, 0.29) is 17.6 Å². The lowest BCUT2D eigenvalue weighted by atomic mass is 9.91. The van der Waals surface area contributed by atoms with Crippen LogP contribution in [-0.4, -0.2) is 35.9 Å². The molecule has 2 aromatic carbocycles. The van der Waals surface area contributed by atoms with Gasteiger partial charge in [-0.1, -0.05) is 17.7 Å². The molecule has 2 heterocycles. The van der Waals surface area contributed by atoms with Crippen molar-refractivity contribution >= 4 is 23.2 Å². The van der Waals surface area contributed by atoms with E-state index < -0.39 is 0 Å². The minimum atomic E-state index is -0.350. The molecule has 1 aliphatic heterocycles. The van der Waals surface area contributed by atoms with Gasteiger partial charge in [-0.2, -0.15) is 5.10 Å². The molecule has 0 atom stereocenters. The van der Waals surface area contributed by atoms with E-state index in [1.807, 2.05) is 6.92 Å². The van der Waals surface area contributed by atoms with Crippen LogP contribution in [0.15, 0.2) is 42.6 Å². The van der Waals surface area contributed by atoms with E-state index in [2.05, 4.69) is 15.7 Å². The highest BCUT2D eigenvalue weighted by Gasteiger charge is 2.27. The summed E-state index contributed by atoms with van der Waals surface area (Å²) in [4.78, 5) is 13.3. The molecule has 0 bridgehead atoms. The van der Waals surface area contributed by atoms with Gasteiger partial charge in [-0.3, -0.25) is 4.79 Å². The van der Waals surface area contributed by atoms with Gasteiger partial charge in [0, 0.05) is 17.0 Å². The fourth-order valence-electron chi connectivity index (χ4n) is 3.95. The topological polar surface area (TPSA) is 68.2 Å². The fraction of sp³-hybridized carbons (Fsp3) is 0.304. The molecular formula is C23H24ClFN4O2. The van der Waals surface area contributed by atoms with Gasteiger partial charge in [0.2, 0.25) is 0 Å². The second-order valence-electron chi connectivity index (χ2n) is 7.62. The number of nitrogens with one attached hydrogen (secondary N) is 2. The number of ether oxygens (including phenoxy) is 1. The van der Waals surface area contributed by atoms with Crippen molar-refractivity contribution in [2.24, 2.45) is 0 Å². The van der Waals surface area contributed by atoms with Gasteiger partial charge in [-0.05, 0) is 62.7 Å². The average Bonchev–Trinajstić information content (AvgIpc) is 3.22. The Labute approximate surface area is 185 Å². The Kier molecular flexibility index (Phi) is 6.25. The maximum absolute atomic E-state index is 13.9. The zero-order valence-corrected chi connectivity index (χ0v) is 18.2. The Morgan fingerprint density at radius 2 is 2.06 bits per heavy atom. The van der Waals surface area contributed by atoms with Crippen LogP contribution in [-0.2, 0) is 0 Å². The highest BCUT2D eigenvalue weighted by molar-refractivity contribution is 6.31. The molecule has 0 aliphatic carbocycles. The molecule has 0 saturated carbocycles. The van der Waals surface area contributed by atoms with E-state index >= 15 is 0 Å². The van der Waals surface area contributed by atoms with E-state index in [1.165, 1.54) is 19.2 Å². The number of carbonyl (C=O) groups excluding carboxylic acids is 1. The molecule has 1 aromatic heterocycles. The Morgan fingerprint density at radius 3 is 2.77 bits per heavy atom. The van der Waals surface area contributed by atoms with Crippen molar-refractivity contribution in [3.05, 3.63) is 70.3 Å². The summed E-state index contributed by atoms with van der Waals surface area (Å²) < 4.78 is 20.9. The number of piperidine rings is 1. The highest BCUT2D eigenvalue weighted by Crippen LogP contribution is 2.34. The summed E-state index contributed by atoms with van der Waals surface area (Å²) in [6, 6.07) is 9.69. The van der Waals surface area contributed by atoms with E-state index in [9.17, 15) is 9.18 Å². The number of aryl methyl sites for hydroxylation is 1. The van der Waals surface area contributed by atoms with Gasteiger partial charge in [0.1, 0.15) is 11.6 Å². The molecule has 1 amide bonds. The molecule has 1 saturated heterocycles. The van der Waals surface area contributed by atoms with Crippen molar-refractivity contribution in [1.82, 2.24) is 15.1 Å². The minimum Gasteiger partial charge on any atom is -0.495 e. The summed E-state index contributed by atoms with van der Waals surface area (Å²) in [5, 5.41) is 11.3. The van der Waals surface area contributed by atoms with Crippen LogP contribution in [0.2, 0.25) is 5.02 Å². The normalized spacial score (nSPS) is 14.5. The number of hydrogen-bond acceptors (Lipinski definition) is 4. The third-order valence-corrected chi connectivity index (χ3v) is 5.97. The molecule has 0 unspecified atom stereocenters. The highest BCUT2D eigenvalue weighted by atomic mass is 35.5. The zero-order valence-electron chi connectivity index (χ0n) is 17.4. The zero-order chi connectivity index (χ0) is 22.0. The van der Waals surface area contributed by atoms with E-state index in [4.69, 9.17) is 16.3 Å². The van der Waals surface area contributed by atoms with Crippen molar-refractivity contribution in [2.45, 2.75) is 25.7 Å². The molecule has 31 heavy (non-hydrogen) atoms. The SMILES string of the molecule is COc1cc(Cl)c(C)cc1NC(=O)c1cnn(-c2cccc(F)c2)c1C1CCNCC1. The Morgan fingerprint density at radius 1 is 1.29 bits per heavy atom. The standard InChI is InChI=1S/C23H24ClFN4O2/c1-14-10-20(21(31-2)12-19(14)24)28-23(30)18-13-27-29(17-5-3-4-16(25)11-17)22(18)15-6-8-26-9-7-15/h3-5,10-13,15,26H,6-9H2,1-2H3,(H,28,30). The molecule has 3 aromatic rings. The predicted molar refractivity (Wildman–Crippen MR) is 119 cm³/mol. The molecular weight excluding hydrogens is 419 g/mol. The maximum Gasteiger partial charge on any atom is 0.259 e. The van der Waals surface area contributed by atoms with Crippen LogP contribution in [0, 0.1) is 12.7 Å². The van der Waals surface area contributed by atoms with E-state index in [1.54, 1.807) is 35.1 Å². The Balaban J connectivity index is 1.74. The molecule has 0 radical (unpaired) electrons. The van der Waals surface area contributed by atoms with Gasteiger partial charge in [-0.25, -0.2) is 9.07 Å². The summed E-state index contributed by atoms with van der Waals surface area (Å²) in [6.45, 7) is 3.56. The number of anilines is 1. The number of nitrogens with zero attached hydrogens (tertiary/aromatic N) is 2. The predicted octanol–water partition coefficient (Wildman–Crippen LogP) is 4.70. The summed E-state index contributed by atoms with van der Waals surface area (Å²) in [7, 11) is 1.53. The summed E-state index contributed by atoms with van der Waals surface area (Å²) in [6.07, 6.45) is 3.28. The number of benzene rings is 2. The smallest absolute Gasteiger partial charge is 0.259 e. The largest absolute Gasteiger partial charge is 0.495 e. The molecule has 6 nitrogen and oxygen atoms in total. The van der Waals surface area contributed by atoms with Crippen molar-refractivity contribution in [1.29, 1.82) is 0 Å². The number of carbonyl (C=O) groups is 1. The van der Waals surface area contributed by atoms with Gasteiger partial charge in [0.15, 0.2) is 0 Å². The first-order chi connectivity index (χ1) is 15.0. The lowest BCUT2D eigenvalue weighted by molar-refractivity contribution is 0.102. The third kappa shape index (κ3) is 4.43. The van der Waals surface area contributed by atoms with Gasteiger partial charge in [-0.15, -0.1) is 0 Å². The Bertz CT molecular complexity index is 1110. The van der Waals surface area contributed by atoms with Crippen LogP contribution < -0.4 is 15.4 Å². The van der Waals surface area contributed by atoms with Gasteiger partial charge in [0.05, 0.1) is 35.9 Å². The van der Waals surface area contributed by atoms with Gasteiger partial charge < -0.3 is 15.4 Å². The second-order valence-corrected chi connectivity index (χ2v) is 8.02. The fourth-order valence-corrected chi connectivity index (χ4v) is 4.11. The van der Waals surface area contributed by atoms with Gasteiger partial charge in [0.25, 0.3) is 5.91 Å². The van der Waals surface area contributed by atoms with Crippen molar-refractivity contribution in [2.75, 3.05) is 25.5 Å². The quantitative estimate of drug-likeness (QED) is 0.601. The molecule has 4 rings (SSSR count). The first kappa shape index (κ1) is 21.3. The van der Waals surface area contributed by atoms with E-state index in [0.29, 0.717) is 27.7 Å². The lowest BCUT2D eigenvalue weighted by Gasteiger charge is -2.25. The second kappa shape index (κ2) is 9.08. The first-order valence-corrected chi connectivity index (χ1v) is 10.6. The summed E-state index contributed by atoms with van der Waals surface area (Å²) >= 11 is 6.19. The molecule has 2 N–H and O–H groups in total. The average molecular weight is 443 g/mol. The molecule has 1 aliphatic rings. The number of hydrogen-bond donors (Lipinski definition) is 2. The van der Waals surface area contributed by atoms with Crippen molar-refractivity contribution < 1.29 is 13.9 Å².